The van der Waals surface area contributed by atoms with Crippen LogP contribution in [0.15, 0.2) is 53.0 Å². The van der Waals surface area contributed by atoms with Gasteiger partial charge in [0.15, 0.2) is 0 Å². The van der Waals surface area contributed by atoms with E-state index in [1.54, 1.807) is 0 Å². The highest BCUT2D eigenvalue weighted by atomic mass is 79.9. The van der Waals surface area contributed by atoms with Crippen LogP contribution in [0.2, 0.25) is 0 Å². The van der Waals surface area contributed by atoms with Gasteiger partial charge in [0.25, 0.3) is 0 Å². The number of carboxylic acids is 1. The first-order valence-electron chi connectivity index (χ1n) is 6.10. The minimum Gasteiger partial charge on any atom is -0.481 e. The van der Waals surface area contributed by atoms with E-state index in [4.69, 9.17) is 0 Å². The monoisotopic (exact) mass is 318 g/mol. The Morgan fingerprint density at radius 2 is 1.79 bits per heavy atom. The van der Waals surface area contributed by atoms with Crippen LogP contribution in [0.3, 0.4) is 0 Å². The van der Waals surface area contributed by atoms with Gasteiger partial charge in [-0.1, -0.05) is 52.3 Å². The number of aliphatic carboxylic acids is 1. The lowest BCUT2D eigenvalue weighted by atomic mass is 9.89. The predicted octanol–water partition coefficient (Wildman–Crippen LogP) is 4.17. The van der Waals surface area contributed by atoms with Crippen LogP contribution in [0.1, 0.15) is 22.6 Å². The van der Waals surface area contributed by atoms with E-state index >= 15 is 0 Å². The second kappa shape index (κ2) is 6.02. The molecule has 3 heteroatoms. The van der Waals surface area contributed by atoms with Crippen molar-refractivity contribution >= 4 is 21.9 Å². The molecule has 1 atom stereocenters. The summed E-state index contributed by atoms with van der Waals surface area (Å²) in [7, 11) is 0. The molecule has 19 heavy (non-hydrogen) atoms. The van der Waals surface area contributed by atoms with Crippen molar-refractivity contribution in [2.45, 2.75) is 19.3 Å². The molecule has 0 fully saturated rings. The van der Waals surface area contributed by atoms with Crippen molar-refractivity contribution in [3.05, 3.63) is 69.7 Å². The van der Waals surface area contributed by atoms with E-state index in [1.165, 1.54) is 0 Å². The largest absolute Gasteiger partial charge is 0.481 e. The lowest BCUT2D eigenvalue weighted by Crippen LogP contribution is -2.15. The average Bonchev–Trinajstić information content (AvgIpc) is 2.39. The molecule has 2 rings (SSSR count). The summed E-state index contributed by atoms with van der Waals surface area (Å²) in [5.41, 5.74) is 2.93. The van der Waals surface area contributed by atoms with Crippen molar-refractivity contribution < 1.29 is 9.90 Å². The van der Waals surface area contributed by atoms with Gasteiger partial charge in [-0.2, -0.15) is 0 Å². The second-order valence-electron chi connectivity index (χ2n) is 4.58. The third-order valence-corrected chi connectivity index (χ3v) is 3.74. The molecule has 2 aromatic rings. The summed E-state index contributed by atoms with van der Waals surface area (Å²) in [4.78, 5) is 11.5. The average molecular weight is 319 g/mol. The van der Waals surface area contributed by atoms with Crippen LogP contribution >= 0.6 is 15.9 Å². The van der Waals surface area contributed by atoms with Gasteiger partial charge in [0.2, 0.25) is 0 Å². The number of aryl methyl sites for hydroxylation is 1. The Morgan fingerprint density at radius 3 is 2.37 bits per heavy atom. The van der Waals surface area contributed by atoms with Crippen LogP contribution in [-0.2, 0) is 11.2 Å². The molecule has 0 aliphatic carbocycles. The maximum atomic E-state index is 11.5. The minimum atomic E-state index is -0.780. The van der Waals surface area contributed by atoms with E-state index < -0.39 is 11.9 Å². The highest BCUT2D eigenvalue weighted by molar-refractivity contribution is 9.10. The van der Waals surface area contributed by atoms with Crippen molar-refractivity contribution in [3.8, 4) is 0 Å². The highest BCUT2D eigenvalue weighted by Gasteiger charge is 2.21. The molecule has 0 aromatic heterocycles. The summed E-state index contributed by atoms with van der Waals surface area (Å²) in [5, 5.41) is 9.46. The van der Waals surface area contributed by atoms with Crippen LogP contribution in [0.4, 0.5) is 0 Å². The van der Waals surface area contributed by atoms with E-state index in [2.05, 4.69) is 15.9 Å². The molecule has 0 aliphatic rings. The summed E-state index contributed by atoms with van der Waals surface area (Å²) in [5.74, 6) is -1.28. The molecule has 1 unspecified atom stereocenters. The SMILES string of the molecule is Cc1ccccc1C(Cc1ccc(Br)cc1)C(=O)O. The lowest BCUT2D eigenvalue weighted by molar-refractivity contribution is -0.138. The summed E-state index contributed by atoms with van der Waals surface area (Å²) in [6.07, 6.45) is 0.507. The molecule has 0 heterocycles. The number of carbonyl (C=O) groups is 1. The number of hydrogen-bond acceptors (Lipinski definition) is 1. The standard InChI is InChI=1S/C16H15BrO2/c1-11-4-2-3-5-14(11)15(16(18)19)10-12-6-8-13(17)9-7-12/h2-9,15H,10H2,1H3,(H,18,19). The molecule has 2 aromatic carbocycles. The van der Waals surface area contributed by atoms with Gasteiger partial charge in [0.1, 0.15) is 0 Å². The molecule has 0 saturated heterocycles. The van der Waals surface area contributed by atoms with Gasteiger partial charge in [0, 0.05) is 4.47 Å². The summed E-state index contributed by atoms with van der Waals surface area (Å²) in [6.45, 7) is 1.95. The fourth-order valence-electron chi connectivity index (χ4n) is 2.16. The van der Waals surface area contributed by atoms with Gasteiger partial charge >= 0.3 is 5.97 Å². The van der Waals surface area contributed by atoms with Crippen LogP contribution in [0.5, 0.6) is 0 Å². The number of rotatable bonds is 4. The van der Waals surface area contributed by atoms with Crippen molar-refractivity contribution in [2.24, 2.45) is 0 Å². The Bertz CT molecular complexity index is 576. The zero-order valence-electron chi connectivity index (χ0n) is 10.6. The Hall–Kier alpha value is -1.61. The fraction of sp³-hybridized carbons (Fsp3) is 0.188. The molecule has 0 spiro atoms. The molecular formula is C16H15BrO2. The number of halogens is 1. The quantitative estimate of drug-likeness (QED) is 0.918. The third kappa shape index (κ3) is 3.44. The van der Waals surface area contributed by atoms with Crippen LogP contribution < -0.4 is 0 Å². The summed E-state index contributed by atoms with van der Waals surface area (Å²) >= 11 is 3.38. The van der Waals surface area contributed by atoms with Crippen molar-refractivity contribution in [3.63, 3.8) is 0 Å². The maximum Gasteiger partial charge on any atom is 0.311 e. The van der Waals surface area contributed by atoms with Crippen LogP contribution in [-0.4, -0.2) is 11.1 Å². The number of benzene rings is 2. The second-order valence-corrected chi connectivity index (χ2v) is 5.49. The first-order valence-corrected chi connectivity index (χ1v) is 6.90. The normalized spacial score (nSPS) is 12.1. The fourth-order valence-corrected chi connectivity index (χ4v) is 2.43. The van der Waals surface area contributed by atoms with Crippen molar-refractivity contribution in [2.75, 3.05) is 0 Å². The molecule has 0 amide bonds. The summed E-state index contributed by atoms with van der Waals surface area (Å²) in [6, 6.07) is 15.5. The third-order valence-electron chi connectivity index (χ3n) is 3.22. The van der Waals surface area contributed by atoms with Crippen molar-refractivity contribution in [1.29, 1.82) is 0 Å². The Kier molecular flexibility index (Phi) is 4.38. The minimum absolute atomic E-state index is 0.498. The Balaban J connectivity index is 2.29. The molecule has 0 aliphatic heterocycles. The number of carboxylic acid groups (broad SMARTS) is 1. The molecule has 1 N–H and O–H groups in total. The molecule has 2 nitrogen and oxygen atoms in total. The van der Waals surface area contributed by atoms with Crippen LogP contribution in [0.25, 0.3) is 0 Å². The molecule has 0 radical (unpaired) electrons. The topological polar surface area (TPSA) is 37.3 Å². The first kappa shape index (κ1) is 13.8. The molecule has 98 valence electrons. The number of hydrogen-bond donors (Lipinski definition) is 1. The Morgan fingerprint density at radius 1 is 1.16 bits per heavy atom. The van der Waals surface area contributed by atoms with Gasteiger partial charge in [-0.15, -0.1) is 0 Å². The predicted molar refractivity (Wildman–Crippen MR) is 79.4 cm³/mol. The maximum absolute atomic E-state index is 11.5. The Labute approximate surface area is 121 Å². The van der Waals surface area contributed by atoms with Crippen LogP contribution in [0, 0.1) is 6.92 Å². The van der Waals surface area contributed by atoms with Gasteiger partial charge < -0.3 is 5.11 Å². The van der Waals surface area contributed by atoms with Gasteiger partial charge in [-0.05, 0) is 42.2 Å². The van der Waals surface area contributed by atoms with Gasteiger partial charge in [-0.3, -0.25) is 4.79 Å². The highest BCUT2D eigenvalue weighted by Crippen LogP contribution is 2.25. The van der Waals surface area contributed by atoms with E-state index in [9.17, 15) is 9.90 Å². The van der Waals surface area contributed by atoms with Crippen molar-refractivity contribution in [1.82, 2.24) is 0 Å². The molecule has 0 saturated carbocycles. The van der Waals surface area contributed by atoms with E-state index in [0.717, 1.165) is 21.2 Å². The van der Waals surface area contributed by atoms with Gasteiger partial charge in [-0.25, -0.2) is 0 Å². The zero-order chi connectivity index (χ0) is 13.8. The zero-order valence-corrected chi connectivity index (χ0v) is 12.2. The van der Waals surface area contributed by atoms with E-state index in [0.29, 0.717) is 6.42 Å². The first-order chi connectivity index (χ1) is 9.08. The summed E-state index contributed by atoms with van der Waals surface area (Å²) < 4.78 is 0.999. The lowest BCUT2D eigenvalue weighted by Gasteiger charge is -2.15. The molecule has 0 bridgehead atoms. The van der Waals surface area contributed by atoms with E-state index in [-0.39, 0.29) is 0 Å². The van der Waals surface area contributed by atoms with Gasteiger partial charge in [0.05, 0.1) is 5.92 Å². The molecular weight excluding hydrogens is 304 g/mol. The van der Waals surface area contributed by atoms with E-state index in [1.807, 2.05) is 55.5 Å². The smallest absolute Gasteiger partial charge is 0.311 e.